The number of nitrogens with zero attached hydrogens (tertiary/aromatic N) is 2. The van der Waals surface area contributed by atoms with E-state index in [9.17, 15) is 19.7 Å². The highest BCUT2D eigenvalue weighted by Gasteiger charge is 2.23. The van der Waals surface area contributed by atoms with E-state index in [4.69, 9.17) is 4.74 Å². The smallest absolute Gasteiger partial charge is 0.429 e. The van der Waals surface area contributed by atoms with Gasteiger partial charge in [0.15, 0.2) is 0 Å². The van der Waals surface area contributed by atoms with Gasteiger partial charge in [-0.25, -0.2) is 9.80 Å². The molecular weight excluding hydrogens is 302 g/mol. The van der Waals surface area contributed by atoms with Crippen LogP contribution in [-0.2, 0) is 16.1 Å². The van der Waals surface area contributed by atoms with Gasteiger partial charge in [-0.05, 0) is 32.4 Å². The average Bonchev–Trinajstić information content (AvgIpc) is 2.44. The minimum atomic E-state index is -0.779. The number of carbonyl (C=O) groups excluding carboxylic acids is 2. The number of nitro groups is 1. The Morgan fingerprint density at radius 1 is 1.43 bits per heavy atom. The first-order valence-corrected chi connectivity index (χ1v) is 6.79. The highest BCUT2D eigenvalue weighted by Crippen LogP contribution is 2.16. The lowest BCUT2D eigenvalue weighted by molar-refractivity contribution is -0.384. The zero-order chi connectivity index (χ0) is 17.6. The molecule has 1 aromatic carbocycles. The number of carbonyl (C=O) groups is 2. The van der Waals surface area contributed by atoms with E-state index < -0.39 is 22.5 Å². The normalized spacial score (nSPS) is 10.6. The minimum Gasteiger partial charge on any atom is -0.442 e. The van der Waals surface area contributed by atoms with Crippen molar-refractivity contribution in [2.75, 3.05) is 0 Å². The Labute approximate surface area is 133 Å². The standard InChI is InChI=1S/C15H19N3O5/c1-5-13(19)16-17(14(20)23-15(2,3)4)10-11-7-6-8-12(9-11)18(21)22/h5-9H,1,10H2,2-4H3,(H,16,19). The zero-order valence-electron chi connectivity index (χ0n) is 13.2. The molecule has 2 amide bonds. The van der Waals surface area contributed by atoms with Crippen LogP contribution in [0, 0.1) is 10.1 Å². The van der Waals surface area contributed by atoms with Gasteiger partial charge in [0.2, 0.25) is 0 Å². The van der Waals surface area contributed by atoms with Crippen molar-refractivity contribution in [2.45, 2.75) is 32.9 Å². The van der Waals surface area contributed by atoms with Crippen molar-refractivity contribution in [1.29, 1.82) is 0 Å². The van der Waals surface area contributed by atoms with E-state index in [0.29, 0.717) is 5.56 Å². The van der Waals surface area contributed by atoms with Gasteiger partial charge in [0.1, 0.15) is 5.60 Å². The second-order valence-electron chi connectivity index (χ2n) is 5.67. The number of hydrogen-bond acceptors (Lipinski definition) is 5. The van der Waals surface area contributed by atoms with E-state index in [-0.39, 0.29) is 12.2 Å². The van der Waals surface area contributed by atoms with Gasteiger partial charge in [-0.1, -0.05) is 18.7 Å². The fourth-order valence-electron chi connectivity index (χ4n) is 1.60. The van der Waals surface area contributed by atoms with Crippen molar-refractivity contribution in [3.05, 3.63) is 52.6 Å². The molecule has 0 heterocycles. The number of nitrogens with one attached hydrogen (secondary N) is 1. The van der Waals surface area contributed by atoms with Crippen LogP contribution < -0.4 is 5.43 Å². The molecule has 0 aliphatic rings. The average molecular weight is 321 g/mol. The summed E-state index contributed by atoms with van der Waals surface area (Å²) >= 11 is 0. The highest BCUT2D eigenvalue weighted by molar-refractivity contribution is 5.88. The Kier molecular flexibility index (Phi) is 5.83. The van der Waals surface area contributed by atoms with Gasteiger partial charge < -0.3 is 4.74 Å². The van der Waals surface area contributed by atoms with Gasteiger partial charge >= 0.3 is 6.09 Å². The van der Waals surface area contributed by atoms with Gasteiger partial charge in [-0.2, -0.15) is 0 Å². The number of non-ortho nitro benzene ring substituents is 1. The molecule has 0 saturated carbocycles. The van der Waals surface area contributed by atoms with Crippen LogP contribution in [0.25, 0.3) is 0 Å². The molecule has 0 atom stereocenters. The van der Waals surface area contributed by atoms with Crippen molar-refractivity contribution in [3.8, 4) is 0 Å². The predicted octanol–water partition coefficient (Wildman–Crippen LogP) is 2.55. The minimum absolute atomic E-state index is 0.0871. The first kappa shape index (κ1) is 18.1. The zero-order valence-corrected chi connectivity index (χ0v) is 13.2. The number of nitro benzene ring substituents is 1. The van der Waals surface area contributed by atoms with E-state index in [1.165, 1.54) is 18.2 Å². The first-order chi connectivity index (χ1) is 10.6. The fraction of sp³-hybridized carbons (Fsp3) is 0.333. The summed E-state index contributed by atoms with van der Waals surface area (Å²) in [6.07, 6.45) is 0.226. The molecule has 0 unspecified atom stereocenters. The van der Waals surface area contributed by atoms with Gasteiger partial charge in [-0.3, -0.25) is 20.3 Å². The van der Waals surface area contributed by atoms with Crippen molar-refractivity contribution in [3.63, 3.8) is 0 Å². The van der Waals surface area contributed by atoms with Crippen LogP contribution in [0.15, 0.2) is 36.9 Å². The topological polar surface area (TPSA) is 102 Å². The van der Waals surface area contributed by atoms with Crippen molar-refractivity contribution in [1.82, 2.24) is 10.4 Å². The maximum atomic E-state index is 12.2. The van der Waals surface area contributed by atoms with E-state index in [0.717, 1.165) is 11.1 Å². The summed E-state index contributed by atoms with van der Waals surface area (Å²) in [4.78, 5) is 33.9. The van der Waals surface area contributed by atoms with Crippen molar-refractivity contribution >= 4 is 17.7 Å². The van der Waals surface area contributed by atoms with Crippen LogP contribution in [0.2, 0.25) is 0 Å². The summed E-state index contributed by atoms with van der Waals surface area (Å²) < 4.78 is 5.20. The summed E-state index contributed by atoms with van der Waals surface area (Å²) in [6, 6.07) is 5.75. The Hall–Kier alpha value is -2.90. The van der Waals surface area contributed by atoms with Crippen LogP contribution in [0.1, 0.15) is 26.3 Å². The number of ether oxygens (including phenoxy) is 1. The molecule has 0 spiro atoms. The molecule has 0 aliphatic carbocycles. The van der Waals surface area contributed by atoms with Crippen LogP contribution in [0.3, 0.4) is 0 Å². The van der Waals surface area contributed by atoms with Gasteiger partial charge in [0.05, 0.1) is 11.5 Å². The molecule has 23 heavy (non-hydrogen) atoms. The third kappa shape index (κ3) is 6.16. The lowest BCUT2D eigenvalue weighted by atomic mass is 10.2. The van der Waals surface area contributed by atoms with Crippen LogP contribution in [-0.4, -0.2) is 27.5 Å². The summed E-state index contributed by atoms with van der Waals surface area (Å²) in [5.74, 6) is -0.596. The Bertz CT molecular complexity index is 622. The largest absolute Gasteiger partial charge is 0.442 e. The monoisotopic (exact) mass is 321 g/mol. The van der Waals surface area contributed by atoms with Crippen LogP contribution in [0.5, 0.6) is 0 Å². The number of benzene rings is 1. The molecular formula is C15H19N3O5. The van der Waals surface area contributed by atoms with Crippen LogP contribution >= 0.6 is 0 Å². The fourth-order valence-corrected chi connectivity index (χ4v) is 1.60. The van der Waals surface area contributed by atoms with Crippen LogP contribution in [0.4, 0.5) is 10.5 Å². The lowest BCUT2D eigenvalue weighted by Crippen LogP contribution is -2.47. The van der Waals surface area contributed by atoms with Gasteiger partial charge in [-0.15, -0.1) is 0 Å². The molecule has 8 heteroatoms. The number of hydrogen-bond donors (Lipinski definition) is 1. The molecule has 1 aromatic rings. The van der Waals surface area contributed by atoms with Gasteiger partial charge in [0.25, 0.3) is 11.6 Å². The predicted molar refractivity (Wildman–Crippen MR) is 83.2 cm³/mol. The number of amides is 2. The lowest BCUT2D eigenvalue weighted by Gasteiger charge is -2.27. The number of hydrazine groups is 1. The molecule has 0 bridgehead atoms. The Balaban J connectivity index is 2.98. The summed E-state index contributed by atoms with van der Waals surface area (Å²) in [6.45, 7) is 8.28. The van der Waals surface area contributed by atoms with Crippen molar-refractivity contribution < 1.29 is 19.2 Å². The second kappa shape index (κ2) is 7.39. The first-order valence-electron chi connectivity index (χ1n) is 6.79. The molecule has 0 aromatic heterocycles. The molecule has 0 aliphatic heterocycles. The van der Waals surface area contributed by atoms with E-state index in [1.807, 2.05) is 0 Å². The SMILES string of the molecule is C=CC(=O)NN(Cc1cccc([N+](=O)[O-])c1)C(=O)OC(C)(C)C. The highest BCUT2D eigenvalue weighted by atomic mass is 16.6. The molecule has 124 valence electrons. The molecule has 8 nitrogen and oxygen atoms in total. The summed E-state index contributed by atoms with van der Waals surface area (Å²) in [5.41, 5.74) is 1.92. The molecule has 1 N–H and O–H groups in total. The van der Waals surface area contributed by atoms with Crippen molar-refractivity contribution in [2.24, 2.45) is 0 Å². The third-order valence-electron chi connectivity index (χ3n) is 2.51. The summed E-state index contributed by atoms with van der Waals surface area (Å²) in [5, 5.41) is 11.7. The third-order valence-corrected chi connectivity index (χ3v) is 2.51. The van der Waals surface area contributed by atoms with Gasteiger partial charge in [0, 0.05) is 12.1 Å². The molecule has 0 radical (unpaired) electrons. The molecule has 0 fully saturated rings. The molecule has 1 rings (SSSR count). The Morgan fingerprint density at radius 2 is 2.09 bits per heavy atom. The maximum Gasteiger partial charge on any atom is 0.429 e. The second-order valence-corrected chi connectivity index (χ2v) is 5.67. The Morgan fingerprint density at radius 3 is 2.61 bits per heavy atom. The van der Waals surface area contributed by atoms with E-state index >= 15 is 0 Å². The van der Waals surface area contributed by atoms with E-state index in [1.54, 1.807) is 26.8 Å². The van der Waals surface area contributed by atoms with E-state index in [2.05, 4.69) is 12.0 Å². The molecule has 0 saturated heterocycles. The maximum absolute atomic E-state index is 12.2. The quantitative estimate of drug-likeness (QED) is 0.521. The summed E-state index contributed by atoms with van der Waals surface area (Å²) in [7, 11) is 0. The number of rotatable bonds is 4.